The Balaban J connectivity index is 1.88. The van der Waals surface area contributed by atoms with Gasteiger partial charge in [-0.2, -0.15) is 0 Å². The second-order valence-electron chi connectivity index (χ2n) is 3.89. The summed E-state index contributed by atoms with van der Waals surface area (Å²) in [7, 11) is 0. The Morgan fingerprint density at radius 3 is 2.79 bits per heavy atom. The van der Waals surface area contributed by atoms with Crippen LogP contribution in [0.1, 0.15) is 13.3 Å². The lowest BCUT2D eigenvalue weighted by Crippen LogP contribution is -2.25. The van der Waals surface area contributed by atoms with Crippen LogP contribution in [0.25, 0.3) is 0 Å². The summed E-state index contributed by atoms with van der Waals surface area (Å²) in [6.45, 7) is 5.82. The van der Waals surface area contributed by atoms with E-state index >= 15 is 0 Å². The summed E-state index contributed by atoms with van der Waals surface area (Å²) in [6.07, 6.45) is 1.27. The highest BCUT2D eigenvalue weighted by Gasteiger charge is 2.20. The molecular formula is C12H18N2. The molecule has 1 aliphatic rings. The first-order valence-electron chi connectivity index (χ1n) is 5.42. The Labute approximate surface area is 85.9 Å². The molecule has 1 N–H and O–H groups in total. The van der Waals surface area contributed by atoms with Gasteiger partial charge in [0, 0.05) is 24.8 Å². The first-order valence-corrected chi connectivity index (χ1v) is 5.42. The number of nitrogens with zero attached hydrogens (tertiary/aromatic N) is 1. The fourth-order valence-electron chi connectivity index (χ4n) is 2.01. The van der Waals surface area contributed by atoms with Crippen molar-refractivity contribution < 1.29 is 0 Å². The van der Waals surface area contributed by atoms with Gasteiger partial charge in [0.15, 0.2) is 0 Å². The second-order valence-corrected chi connectivity index (χ2v) is 3.89. The van der Waals surface area contributed by atoms with E-state index in [2.05, 4.69) is 47.5 Å². The van der Waals surface area contributed by atoms with Crippen molar-refractivity contribution in [1.82, 2.24) is 4.90 Å². The molecule has 1 atom stereocenters. The monoisotopic (exact) mass is 190 g/mol. The van der Waals surface area contributed by atoms with E-state index in [4.69, 9.17) is 0 Å². The molecule has 0 spiro atoms. The molecule has 2 heteroatoms. The molecule has 2 rings (SSSR count). The van der Waals surface area contributed by atoms with E-state index in [0.29, 0.717) is 6.04 Å². The number of hydrogen-bond acceptors (Lipinski definition) is 2. The first kappa shape index (κ1) is 9.53. The largest absolute Gasteiger partial charge is 0.381 e. The smallest absolute Gasteiger partial charge is 0.0400 e. The minimum absolute atomic E-state index is 0.636. The van der Waals surface area contributed by atoms with Crippen molar-refractivity contribution in [3.63, 3.8) is 0 Å². The summed E-state index contributed by atoms with van der Waals surface area (Å²) in [5.74, 6) is 0. The molecule has 0 unspecified atom stereocenters. The van der Waals surface area contributed by atoms with Gasteiger partial charge >= 0.3 is 0 Å². The van der Waals surface area contributed by atoms with Crippen LogP contribution in [0.3, 0.4) is 0 Å². The molecule has 0 radical (unpaired) electrons. The SMILES string of the molecule is CCN1CC[C@@H](Nc2ccccc2)C1. The zero-order valence-corrected chi connectivity index (χ0v) is 8.74. The molecule has 0 bridgehead atoms. The third-order valence-corrected chi connectivity index (χ3v) is 2.86. The Morgan fingerprint density at radius 1 is 1.36 bits per heavy atom. The number of hydrogen-bond donors (Lipinski definition) is 1. The van der Waals surface area contributed by atoms with Crippen molar-refractivity contribution in [2.75, 3.05) is 25.0 Å². The van der Waals surface area contributed by atoms with Gasteiger partial charge in [-0.05, 0) is 25.1 Å². The Kier molecular flexibility index (Phi) is 3.04. The zero-order chi connectivity index (χ0) is 9.80. The fourth-order valence-corrected chi connectivity index (χ4v) is 2.01. The van der Waals surface area contributed by atoms with Crippen molar-refractivity contribution in [3.05, 3.63) is 30.3 Å². The van der Waals surface area contributed by atoms with Gasteiger partial charge in [-0.15, -0.1) is 0 Å². The lowest BCUT2D eigenvalue weighted by atomic mass is 10.2. The van der Waals surface area contributed by atoms with Gasteiger partial charge in [0.2, 0.25) is 0 Å². The molecule has 1 aliphatic heterocycles. The van der Waals surface area contributed by atoms with Gasteiger partial charge in [0.05, 0.1) is 0 Å². The predicted octanol–water partition coefficient (Wildman–Crippen LogP) is 2.19. The maximum Gasteiger partial charge on any atom is 0.0400 e. The lowest BCUT2D eigenvalue weighted by Gasteiger charge is -2.15. The standard InChI is InChI=1S/C12H18N2/c1-2-14-9-8-12(10-14)13-11-6-4-3-5-7-11/h3-7,12-13H,2,8-10H2,1H3/t12-/m1/s1. The fraction of sp³-hybridized carbons (Fsp3) is 0.500. The molecule has 0 aliphatic carbocycles. The third kappa shape index (κ3) is 2.26. The number of para-hydroxylation sites is 1. The highest BCUT2D eigenvalue weighted by molar-refractivity contribution is 5.43. The summed E-state index contributed by atoms with van der Waals surface area (Å²) in [4.78, 5) is 2.49. The first-order chi connectivity index (χ1) is 6.88. The van der Waals surface area contributed by atoms with E-state index in [-0.39, 0.29) is 0 Å². The van der Waals surface area contributed by atoms with Crippen LogP contribution in [0.4, 0.5) is 5.69 Å². The molecule has 0 saturated carbocycles. The van der Waals surface area contributed by atoms with Crippen LogP contribution >= 0.6 is 0 Å². The minimum atomic E-state index is 0.636. The number of likely N-dealkylation sites (tertiary alicyclic amines) is 1. The average Bonchev–Trinajstić information content (AvgIpc) is 2.67. The average molecular weight is 190 g/mol. The highest BCUT2D eigenvalue weighted by atomic mass is 15.2. The minimum Gasteiger partial charge on any atom is -0.381 e. The number of nitrogens with one attached hydrogen (secondary N) is 1. The van der Waals surface area contributed by atoms with Crippen LogP contribution in [0, 0.1) is 0 Å². The summed E-state index contributed by atoms with van der Waals surface area (Å²) >= 11 is 0. The number of likely N-dealkylation sites (N-methyl/N-ethyl adjacent to an activating group) is 1. The van der Waals surface area contributed by atoms with Crippen LogP contribution < -0.4 is 5.32 Å². The van der Waals surface area contributed by atoms with Gasteiger partial charge in [0.1, 0.15) is 0 Å². The molecule has 0 amide bonds. The normalized spacial score (nSPS) is 22.5. The topological polar surface area (TPSA) is 15.3 Å². The molecule has 14 heavy (non-hydrogen) atoms. The van der Waals surface area contributed by atoms with Crippen molar-refractivity contribution in [1.29, 1.82) is 0 Å². The third-order valence-electron chi connectivity index (χ3n) is 2.86. The van der Waals surface area contributed by atoms with Crippen molar-refractivity contribution in [2.24, 2.45) is 0 Å². The molecule has 1 aromatic rings. The van der Waals surface area contributed by atoms with Gasteiger partial charge in [-0.3, -0.25) is 0 Å². The second kappa shape index (κ2) is 4.47. The van der Waals surface area contributed by atoms with Gasteiger partial charge < -0.3 is 10.2 Å². The van der Waals surface area contributed by atoms with Crippen LogP contribution in [0.5, 0.6) is 0 Å². The number of benzene rings is 1. The van der Waals surface area contributed by atoms with E-state index in [1.54, 1.807) is 0 Å². The summed E-state index contributed by atoms with van der Waals surface area (Å²) in [6, 6.07) is 11.1. The lowest BCUT2D eigenvalue weighted by molar-refractivity contribution is 0.356. The van der Waals surface area contributed by atoms with E-state index in [1.165, 1.54) is 31.7 Å². The van der Waals surface area contributed by atoms with Crippen molar-refractivity contribution >= 4 is 5.69 Å². The summed E-state index contributed by atoms with van der Waals surface area (Å²) in [5, 5.41) is 3.56. The number of anilines is 1. The van der Waals surface area contributed by atoms with Crippen molar-refractivity contribution in [3.8, 4) is 0 Å². The van der Waals surface area contributed by atoms with Crippen LogP contribution in [0.2, 0.25) is 0 Å². The van der Waals surface area contributed by atoms with E-state index < -0.39 is 0 Å². The number of rotatable bonds is 3. The molecule has 2 nitrogen and oxygen atoms in total. The molecule has 1 aromatic carbocycles. The molecular weight excluding hydrogens is 172 g/mol. The Bertz CT molecular complexity index is 271. The molecule has 0 aromatic heterocycles. The van der Waals surface area contributed by atoms with Crippen LogP contribution in [-0.2, 0) is 0 Å². The summed E-state index contributed by atoms with van der Waals surface area (Å²) in [5.41, 5.74) is 1.25. The van der Waals surface area contributed by atoms with E-state index in [0.717, 1.165) is 0 Å². The quantitative estimate of drug-likeness (QED) is 0.786. The zero-order valence-electron chi connectivity index (χ0n) is 8.74. The molecule has 1 heterocycles. The van der Waals surface area contributed by atoms with Crippen LogP contribution in [0.15, 0.2) is 30.3 Å². The van der Waals surface area contributed by atoms with Gasteiger partial charge in [0.25, 0.3) is 0 Å². The molecule has 1 fully saturated rings. The maximum atomic E-state index is 3.56. The van der Waals surface area contributed by atoms with Crippen LogP contribution in [-0.4, -0.2) is 30.6 Å². The summed E-state index contributed by atoms with van der Waals surface area (Å²) < 4.78 is 0. The van der Waals surface area contributed by atoms with E-state index in [1.807, 2.05) is 0 Å². The molecule has 76 valence electrons. The van der Waals surface area contributed by atoms with Gasteiger partial charge in [-0.25, -0.2) is 0 Å². The van der Waals surface area contributed by atoms with Gasteiger partial charge in [-0.1, -0.05) is 25.1 Å². The Morgan fingerprint density at radius 2 is 2.14 bits per heavy atom. The van der Waals surface area contributed by atoms with Crippen molar-refractivity contribution in [2.45, 2.75) is 19.4 Å². The molecule has 1 saturated heterocycles. The maximum absolute atomic E-state index is 3.56. The Hall–Kier alpha value is -1.02. The predicted molar refractivity (Wildman–Crippen MR) is 60.6 cm³/mol. The van der Waals surface area contributed by atoms with E-state index in [9.17, 15) is 0 Å². The highest BCUT2D eigenvalue weighted by Crippen LogP contribution is 2.14.